The molecular formula is C27H26ClN3O4. The summed E-state index contributed by atoms with van der Waals surface area (Å²) >= 11 is 6.20. The molecule has 180 valence electrons. The second-order valence-corrected chi connectivity index (χ2v) is 9.16. The number of hydrogen-bond acceptors (Lipinski definition) is 4. The minimum atomic E-state index is -0.958. The first kappa shape index (κ1) is 23.1. The molecule has 8 heteroatoms. The predicted octanol–water partition coefficient (Wildman–Crippen LogP) is 5.44. The van der Waals surface area contributed by atoms with Gasteiger partial charge in [0.05, 0.1) is 18.3 Å². The van der Waals surface area contributed by atoms with E-state index >= 15 is 0 Å². The summed E-state index contributed by atoms with van der Waals surface area (Å²) in [4.78, 5) is 27.7. The van der Waals surface area contributed by atoms with Crippen molar-refractivity contribution in [1.82, 2.24) is 10.6 Å². The van der Waals surface area contributed by atoms with Crippen LogP contribution in [0.3, 0.4) is 0 Å². The van der Waals surface area contributed by atoms with Gasteiger partial charge in [-0.2, -0.15) is 0 Å². The molecular weight excluding hydrogens is 466 g/mol. The fourth-order valence-electron chi connectivity index (χ4n) is 4.73. The molecule has 0 spiro atoms. The van der Waals surface area contributed by atoms with Crippen molar-refractivity contribution in [2.45, 2.75) is 38.6 Å². The van der Waals surface area contributed by atoms with Crippen LogP contribution in [0.5, 0.6) is 11.5 Å². The maximum Gasteiger partial charge on any atom is 0.325 e. The van der Waals surface area contributed by atoms with Crippen LogP contribution in [0.15, 0.2) is 66.7 Å². The molecule has 2 bridgehead atoms. The normalized spacial score (nSPS) is 20.4. The van der Waals surface area contributed by atoms with Gasteiger partial charge in [-0.25, -0.2) is 4.79 Å². The van der Waals surface area contributed by atoms with E-state index in [-0.39, 0.29) is 18.0 Å². The fourth-order valence-corrected chi connectivity index (χ4v) is 4.93. The number of nitrogens with one attached hydrogen (secondary N) is 2. The first-order chi connectivity index (χ1) is 16.9. The summed E-state index contributed by atoms with van der Waals surface area (Å²) < 4.78 is 12.2. The molecule has 5 rings (SSSR count). The zero-order chi connectivity index (χ0) is 24.6. The SMILES string of the molecule is CCOc1cccc2c1OC1(C)CC2NC(=O)N1c1cccc(C(=O)NCc2ccccc2Cl)c1. The topological polar surface area (TPSA) is 79.9 Å². The molecule has 0 aliphatic carbocycles. The van der Waals surface area contributed by atoms with Crippen LogP contribution in [-0.4, -0.2) is 24.3 Å². The summed E-state index contributed by atoms with van der Waals surface area (Å²) in [6.45, 7) is 4.60. The van der Waals surface area contributed by atoms with E-state index in [1.807, 2.05) is 50.2 Å². The van der Waals surface area contributed by atoms with E-state index in [1.54, 1.807) is 35.2 Å². The molecule has 35 heavy (non-hydrogen) atoms. The molecule has 3 aromatic rings. The first-order valence-corrected chi connectivity index (χ1v) is 11.9. The highest BCUT2D eigenvalue weighted by Gasteiger charge is 2.50. The molecule has 1 fully saturated rings. The lowest BCUT2D eigenvalue weighted by Crippen LogP contribution is -2.65. The van der Waals surface area contributed by atoms with Crippen LogP contribution in [0.4, 0.5) is 10.5 Å². The van der Waals surface area contributed by atoms with E-state index in [2.05, 4.69) is 10.6 Å². The highest BCUT2D eigenvalue weighted by atomic mass is 35.5. The van der Waals surface area contributed by atoms with Gasteiger partial charge in [-0.15, -0.1) is 0 Å². The lowest BCUT2D eigenvalue weighted by Gasteiger charge is -2.50. The van der Waals surface area contributed by atoms with Crippen molar-refractivity contribution in [3.8, 4) is 11.5 Å². The molecule has 2 N–H and O–H groups in total. The summed E-state index contributed by atoms with van der Waals surface area (Å²) in [5, 5.41) is 6.57. The first-order valence-electron chi connectivity index (χ1n) is 11.6. The summed E-state index contributed by atoms with van der Waals surface area (Å²) in [6.07, 6.45) is 0.546. The average molecular weight is 492 g/mol. The Morgan fingerprint density at radius 1 is 1.20 bits per heavy atom. The van der Waals surface area contributed by atoms with E-state index < -0.39 is 5.72 Å². The Morgan fingerprint density at radius 3 is 2.80 bits per heavy atom. The average Bonchev–Trinajstić information content (AvgIpc) is 2.84. The summed E-state index contributed by atoms with van der Waals surface area (Å²) in [7, 11) is 0. The number of carbonyl (C=O) groups excluding carboxylic acids is 2. The van der Waals surface area contributed by atoms with Gasteiger partial charge in [0.1, 0.15) is 0 Å². The van der Waals surface area contributed by atoms with E-state index in [0.717, 1.165) is 11.1 Å². The van der Waals surface area contributed by atoms with Gasteiger partial charge in [0.15, 0.2) is 17.2 Å². The zero-order valence-corrected chi connectivity index (χ0v) is 20.3. The molecule has 3 amide bonds. The standard InChI is InChI=1S/C27H26ClN3O4/c1-3-34-23-13-7-11-20-22-15-27(2,35-24(20)23)31(26(33)30-22)19-10-6-9-17(14-19)25(32)29-16-18-8-4-5-12-21(18)28/h4-14,22H,3,15-16H2,1-2H3,(H,29,32)(H,30,33). The van der Waals surface area contributed by atoms with Crippen molar-refractivity contribution in [3.63, 3.8) is 0 Å². The van der Waals surface area contributed by atoms with E-state index in [4.69, 9.17) is 21.1 Å². The van der Waals surface area contributed by atoms with Gasteiger partial charge in [0, 0.05) is 29.1 Å². The van der Waals surface area contributed by atoms with Crippen LogP contribution in [0.2, 0.25) is 5.02 Å². The Hall–Kier alpha value is -3.71. The zero-order valence-electron chi connectivity index (χ0n) is 19.5. The van der Waals surface area contributed by atoms with Gasteiger partial charge < -0.3 is 20.1 Å². The number of anilines is 1. The lowest BCUT2D eigenvalue weighted by molar-refractivity contribution is 0.0343. The monoisotopic (exact) mass is 491 g/mol. The number of ether oxygens (including phenoxy) is 2. The summed E-state index contributed by atoms with van der Waals surface area (Å²) in [5.74, 6) is 1.01. The molecule has 0 saturated carbocycles. The van der Waals surface area contributed by atoms with Gasteiger partial charge in [-0.05, 0) is 49.7 Å². The molecule has 2 aliphatic heterocycles. The van der Waals surface area contributed by atoms with Crippen molar-refractivity contribution in [3.05, 3.63) is 88.4 Å². The van der Waals surface area contributed by atoms with Crippen LogP contribution in [0.1, 0.15) is 47.8 Å². The second kappa shape index (κ2) is 9.15. The molecule has 2 heterocycles. The van der Waals surface area contributed by atoms with E-state index in [9.17, 15) is 9.59 Å². The number of rotatable bonds is 6. The van der Waals surface area contributed by atoms with Gasteiger partial charge in [0.25, 0.3) is 5.91 Å². The largest absolute Gasteiger partial charge is 0.490 e. The van der Waals surface area contributed by atoms with Crippen molar-refractivity contribution in [1.29, 1.82) is 0 Å². The molecule has 0 aromatic heterocycles. The number of amides is 3. The Kier molecular flexibility index (Phi) is 6.03. The highest BCUT2D eigenvalue weighted by molar-refractivity contribution is 6.31. The highest BCUT2D eigenvalue weighted by Crippen LogP contribution is 2.49. The number of carbonyl (C=O) groups is 2. The smallest absolute Gasteiger partial charge is 0.325 e. The maximum absolute atomic E-state index is 13.3. The van der Waals surface area contributed by atoms with Gasteiger partial charge in [0.2, 0.25) is 0 Å². The van der Waals surface area contributed by atoms with Crippen molar-refractivity contribution >= 4 is 29.2 Å². The molecule has 0 radical (unpaired) electrons. The molecule has 2 atom stereocenters. The minimum absolute atomic E-state index is 0.199. The number of benzene rings is 3. The maximum atomic E-state index is 13.3. The Morgan fingerprint density at radius 2 is 2.00 bits per heavy atom. The van der Waals surface area contributed by atoms with E-state index in [0.29, 0.717) is 47.3 Å². The molecule has 2 aliphatic rings. The van der Waals surface area contributed by atoms with Crippen molar-refractivity contribution in [2.75, 3.05) is 11.5 Å². The van der Waals surface area contributed by atoms with Crippen molar-refractivity contribution in [2.24, 2.45) is 0 Å². The van der Waals surface area contributed by atoms with Gasteiger partial charge in [-0.1, -0.05) is 48.0 Å². The third-order valence-electron chi connectivity index (χ3n) is 6.33. The Bertz CT molecular complexity index is 1300. The van der Waals surface area contributed by atoms with Crippen LogP contribution in [-0.2, 0) is 6.54 Å². The lowest BCUT2D eigenvalue weighted by atomic mass is 9.89. The second-order valence-electron chi connectivity index (χ2n) is 8.75. The molecule has 3 aromatic carbocycles. The fraction of sp³-hybridized carbons (Fsp3) is 0.259. The number of halogens is 1. The number of nitrogens with zero attached hydrogens (tertiary/aromatic N) is 1. The van der Waals surface area contributed by atoms with Crippen LogP contribution in [0, 0.1) is 0 Å². The molecule has 2 unspecified atom stereocenters. The van der Waals surface area contributed by atoms with E-state index in [1.165, 1.54) is 0 Å². The summed E-state index contributed by atoms with van der Waals surface area (Å²) in [6, 6.07) is 19.5. The minimum Gasteiger partial charge on any atom is -0.490 e. The summed E-state index contributed by atoms with van der Waals surface area (Å²) in [5.41, 5.74) is 1.76. The Labute approximate surface area is 209 Å². The van der Waals surface area contributed by atoms with Gasteiger partial charge in [-0.3, -0.25) is 9.69 Å². The van der Waals surface area contributed by atoms with Gasteiger partial charge >= 0.3 is 6.03 Å². The molecule has 1 saturated heterocycles. The number of fused-ring (bicyclic) bond motifs is 4. The number of para-hydroxylation sites is 1. The predicted molar refractivity (Wildman–Crippen MR) is 134 cm³/mol. The van der Waals surface area contributed by atoms with Crippen LogP contribution in [0.25, 0.3) is 0 Å². The Balaban J connectivity index is 1.42. The van der Waals surface area contributed by atoms with Crippen molar-refractivity contribution < 1.29 is 19.1 Å². The van der Waals surface area contributed by atoms with Crippen LogP contribution < -0.4 is 25.0 Å². The third-order valence-corrected chi connectivity index (χ3v) is 6.70. The number of hydrogen-bond donors (Lipinski definition) is 2. The third kappa shape index (κ3) is 4.28. The quantitative estimate of drug-likeness (QED) is 0.481. The van der Waals surface area contributed by atoms with Crippen LogP contribution >= 0.6 is 11.6 Å². The number of urea groups is 1. The molecule has 7 nitrogen and oxygen atoms in total.